The van der Waals surface area contributed by atoms with Gasteiger partial charge in [0.25, 0.3) is 0 Å². The van der Waals surface area contributed by atoms with Crippen molar-refractivity contribution in [3.05, 3.63) is 29.3 Å². The molecule has 0 aliphatic carbocycles. The van der Waals surface area contributed by atoms with E-state index in [0.717, 1.165) is 16.0 Å². The molecular weight excluding hydrogens is 316 g/mol. The van der Waals surface area contributed by atoms with Gasteiger partial charge in [-0.25, -0.2) is 0 Å². The molecule has 5 nitrogen and oxygen atoms in total. The van der Waals surface area contributed by atoms with Crippen molar-refractivity contribution < 1.29 is 25.2 Å². The van der Waals surface area contributed by atoms with Crippen LogP contribution in [0.25, 0.3) is 0 Å². The first kappa shape index (κ1) is 18.7. The Hall–Kier alpha value is -0.630. The Kier molecular flexibility index (Phi) is 5.76. The quantitative estimate of drug-likeness (QED) is 0.660. The van der Waals surface area contributed by atoms with Crippen molar-refractivity contribution in [2.75, 3.05) is 6.61 Å². The minimum Gasteiger partial charge on any atom is -0.394 e. The zero-order chi connectivity index (χ0) is 17.4. The lowest BCUT2D eigenvalue weighted by Gasteiger charge is -2.39. The molecule has 1 aliphatic heterocycles. The normalized spacial score (nSPS) is 32.1. The third kappa shape index (κ3) is 4.07. The molecule has 1 heterocycles. The molecule has 4 N–H and O–H groups in total. The zero-order valence-corrected chi connectivity index (χ0v) is 14.7. The molecule has 1 fully saturated rings. The van der Waals surface area contributed by atoms with Gasteiger partial charge in [0, 0.05) is 4.90 Å². The maximum atomic E-state index is 10.2. The number of thioether (sulfide) groups is 1. The second-order valence-electron chi connectivity index (χ2n) is 7.05. The van der Waals surface area contributed by atoms with Gasteiger partial charge in [-0.3, -0.25) is 0 Å². The van der Waals surface area contributed by atoms with Gasteiger partial charge in [-0.1, -0.05) is 44.7 Å². The van der Waals surface area contributed by atoms with Gasteiger partial charge >= 0.3 is 0 Å². The number of hydrogen-bond acceptors (Lipinski definition) is 6. The van der Waals surface area contributed by atoms with E-state index in [1.165, 1.54) is 11.8 Å². The molecule has 1 aromatic carbocycles. The third-order valence-electron chi connectivity index (χ3n) is 4.15. The molecule has 1 saturated heterocycles. The Bertz CT molecular complexity index is 540. The first-order chi connectivity index (χ1) is 10.6. The number of hydrogen-bond donors (Lipinski definition) is 4. The highest BCUT2D eigenvalue weighted by Gasteiger charge is 2.43. The minimum absolute atomic E-state index is 0.00160. The second kappa shape index (κ2) is 7.09. The number of rotatable bonds is 3. The molecule has 0 spiro atoms. The predicted octanol–water partition coefficient (Wildman–Crippen LogP) is 1.18. The number of aliphatic hydroxyl groups excluding tert-OH is 4. The van der Waals surface area contributed by atoms with Gasteiger partial charge in [-0.15, -0.1) is 0 Å². The van der Waals surface area contributed by atoms with Crippen LogP contribution in [0.2, 0.25) is 0 Å². The molecule has 0 radical (unpaired) electrons. The van der Waals surface area contributed by atoms with E-state index in [1.807, 2.05) is 13.0 Å². The number of aliphatic hydroxyl groups is 4. The summed E-state index contributed by atoms with van der Waals surface area (Å²) in [5.74, 6) is 0. The Balaban J connectivity index is 2.24. The largest absolute Gasteiger partial charge is 0.394 e. The topological polar surface area (TPSA) is 90.2 Å². The highest BCUT2D eigenvalue weighted by atomic mass is 32.2. The molecular formula is C17H26O5S. The van der Waals surface area contributed by atoms with Crippen LogP contribution in [0.4, 0.5) is 0 Å². The summed E-state index contributed by atoms with van der Waals surface area (Å²) in [6, 6.07) is 6.15. The van der Waals surface area contributed by atoms with Crippen molar-refractivity contribution in [1.29, 1.82) is 0 Å². The van der Waals surface area contributed by atoms with E-state index in [9.17, 15) is 20.4 Å². The summed E-state index contributed by atoms with van der Waals surface area (Å²) in [7, 11) is 0. The summed E-state index contributed by atoms with van der Waals surface area (Å²) in [5.41, 5.74) is 1.45. The molecule has 2 rings (SSSR count). The van der Waals surface area contributed by atoms with Crippen molar-refractivity contribution in [2.45, 2.75) is 67.9 Å². The lowest BCUT2D eigenvalue weighted by Crippen LogP contribution is -2.57. The average molecular weight is 342 g/mol. The Morgan fingerprint density at radius 1 is 1.09 bits per heavy atom. The predicted molar refractivity (Wildman–Crippen MR) is 89.5 cm³/mol. The molecule has 0 amide bonds. The number of aryl methyl sites for hydroxylation is 1. The van der Waals surface area contributed by atoms with E-state index >= 15 is 0 Å². The van der Waals surface area contributed by atoms with Crippen LogP contribution in [0.5, 0.6) is 0 Å². The lowest BCUT2D eigenvalue weighted by atomic mass is 9.87. The second-order valence-corrected chi connectivity index (χ2v) is 8.19. The maximum Gasteiger partial charge on any atom is 0.136 e. The van der Waals surface area contributed by atoms with Gasteiger partial charge < -0.3 is 25.2 Å². The first-order valence-corrected chi connectivity index (χ1v) is 8.61. The Labute approximate surface area is 141 Å². The molecule has 5 atom stereocenters. The van der Waals surface area contributed by atoms with Crippen molar-refractivity contribution >= 4 is 11.8 Å². The fourth-order valence-corrected chi connectivity index (χ4v) is 3.68. The van der Waals surface area contributed by atoms with Gasteiger partial charge in [0.1, 0.15) is 29.9 Å². The van der Waals surface area contributed by atoms with Crippen molar-refractivity contribution in [3.8, 4) is 0 Å². The van der Waals surface area contributed by atoms with Gasteiger partial charge in [0.15, 0.2) is 0 Å². The van der Waals surface area contributed by atoms with Crippen LogP contribution in [-0.2, 0) is 10.2 Å². The van der Waals surface area contributed by atoms with Crippen LogP contribution in [0.3, 0.4) is 0 Å². The molecule has 23 heavy (non-hydrogen) atoms. The fourth-order valence-electron chi connectivity index (χ4n) is 2.48. The maximum absolute atomic E-state index is 10.2. The van der Waals surface area contributed by atoms with Crippen molar-refractivity contribution in [1.82, 2.24) is 0 Å². The molecule has 0 bridgehead atoms. The summed E-state index contributed by atoms with van der Waals surface area (Å²) >= 11 is 1.30. The highest BCUT2D eigenvalue weighted by molar-refractivity contribution is 7.99. The fraction of sp³-hybridized carbons (Fsp3) is 0.647. The summed E-state index contributed by atoms with van der Waals surface area (Å²) in [4.78, 5) is 0.946. The molecule has 6 heteroatoms. The van der Waals surface area contributed by atoms with E-state index in [1.54, 1.807) is 0 Å². The molecule has 0 saturated carbocycles. The summed E-state index contributed by atoms with van der Waals surface area (Å²) in [6.45, 7) is 7.93. The van der Waals surface area contributed by atoms with E-state index in [2.05, 4.69) is 32.9 Å². The van der Waals surface area contributed by atoms with Crippen LogP contribution >= 0.6 is 11.8 Å². The summed E-state index contributed by atoms with van der Waals surface area (Å²) < 4.78 is 5.57. The Morgan fingerprint density at radius 3 is 2.30 bits per heavy atom. The van der Waals surface area contributed by atoms with Crippen LogP contribution in [-0.4, -0.2) is 56.9 Å². The SMILES string of the molecule is Cc1ccc(C(C)(C)C)cc1S[C@@H]1O[C@H](CO)[C@@H](O)[C@H](O)[C@H]1O. The van der Waals surface area contributed by atoms with Gasteiger partial charge in [0.2, 0.25) is 0 Å². The van der Waals surface area contributed by atoms with Crippen LogP contribution in [0.15, 0.2) is 23.1 Å². The van der Waals surface area contributed by atoms with Crippen molar-refractivity contribution in [3.63, 3.8) is 0 Å². The van der Waals surface area contributed by atoms with Gasteiger partial charge in [-0.05, 0) is 29.5 Å². The van der Waals surface area contributed by atoms with E-state index in [4.69, 9.17) is 4.74 Å². The first-order valence-electron chi connectivity index (χ1n) is 7.73. The monoisotopic (exact) mass is 342 g/mol. The van der Waals surface area contributed by atoms with Gasteiger partial charge in [0.05, 0.1) is 6.61 Å². The number of ether oxygens (including phenoxy) is 1. The molecule has 1 aromatic rings. The summed E-state index contributed by atoms with van der Waals surface area (Å²) in [6.07, 6.45) is -4.77. The van der Waals surface area contributed by atoms with E-state index in [0.29, 0.717) is 0 Å². The van der Waals surface area contributed by atoms with Crippen LogP contribution in [0.1, 0.15) is 31.9 Å². The van der Waals surface area contributed by atoms with Gasteiger partial charge in [-0.2, -0.15) is 0 Å². The van der Waals surface area contributed by atoms with Crippen LogP contribution in [0, 0.1) is 6.92 Å². The van der Waals surface area contributed by atoms with Crippen LogP contribution < -0.4 is 0 Å². The zero-order valence-electron chi connectivity index (χ0n) is 13.9. The number of benzene rings is 1. The lowest BCUT2D eigenvalue weighted by molar-refractivity contribution is -0.205. The third-order valence-corrected chi connectivity index (χ3v) is 5.46. The van der Waals surface area contributed by atoms with E-state index < -0.39 is 36.5 Å². The molecule has 1 aliphatic rings. The van der Waals surface area contributed by atoms with E-state index in [-0.39, 0.29) is 5.41 Å². The molecule has 0 unspecified atom stereocenters. The highest BCUT2D eigenvalue weighted by Crippen LogP contribution is 2.36. The summed E-state index contributed by atoms with van der Waals surface area (Å²) in [5, 5.41) is 39.2. The molecule has 130 valence electrons. The average Bonchev–Trinajstić information content (AvgIpc) is 2.48. The smallest absolute Gasteiger partial charge is 0.136 e. The minimum atomic E-state index is -1.34. The molecule has 0 aromatic heterocycles. The standard InChI is InChI=1S/C17H26O5S/c1-9-5-6-10(17(2,3)4)7-12(9)23-16-15(21)14(20)13(19)11(8-18)22-16/h5-7,11,13-16,18-21H,8H2,1-4H3/t11-,13-,14+,15-,16+/m1/s1. The van der Waals surface area contributed by atoms with Crippen molar-refractivity contribution in [2.24, 2.45) is 0 Å². The Morgan fingerprint density at radius 2 is 1.74 bits per heavy atom.